The highest BCUT2D eigenvalue weighted by molar-refractivity contribution is 7.13. The number of carbonyl (C=O) groups is 2. The molecule has 1 aliphatic heterocycles. The lowest BCUT2D eigenvalue weighted by molar-refractivity contribution is -0.137. The highest BCUT2D eigenvalue weighted by Crippen LogP contribution is 2.33. The van der Waals surface area contributed by atoms with Gasteiger partial charge in [0.25, 0.3) is 5.91 Å². The highest BCUT2D eigenvalue weighted by Gasteiger charge is 2.31. The number of aromatic nitrogens is 1. The van der Waals surface area contributed by atoms with Crippen molar-refractivity contribution in [3.63, 3.8) is 0 Å². The van der Waals surface area contributed by atoms with Gasteiger partial charge in [0.05, 0.1) is 12.2 Å². The standard InChI is InChI=1S/C18H18F3N3O3S/c1-2-27-17(26)24-8-6-23(7-9-24)16(25)14-11-28-15(22-14)12-4-3-5-13(10-12)18(19,20)21/h3-5,10-11H,2,6-9H2,1H3. The van der Waals surface area contributed by atoms with Gasteiger partial charge in [0.15, 0.2) is 0 Å². The molecule has 6 nitrogen and oxygen atoms in total. The van der Waals surface area contributed by atoms with Crippen LogP contribution in [0.25, 0.3) is 10.6 Å². The van der Waals surface area contributed by atoms with E-state index in [0.717, 1.165) is 23.5 Å². The van der Waals surface area contributed by atoms with Crippen molar-refractivity contribution in [2.75, 3.05) is 32.8 Å². The molecular formula is C18H18F3N3O3S. The molecule has 3 rings (SSSR count). The summed E-state index contributed by atoms with van der Waals surface area (Å²) in [6, 6.07) is 4.85. The molecule has 150 valence electrons. The zero-order valence-electron chi connectivity index (χ0n) is 15.0. The average Bonchev–Trinajstić information content (AvgIpc) is 3.17. The Labute approximate surface area is 163 Å². The van der Waals surface area contributed by atoms with Gasteiger partial charge in [-0.05, 0) is 19.1 Å². The van der Waals surface area contributed by atoms with Crippen molar-refractivity contribution in [3.8, 4) is 10.6 Å². The molecule has 1 fully saturated rings. The number of thiazole rings is 1. The summed E-state index contributed by atoms with van der Waals surface area (Å²) >= 11 is 1.12. The summed E-state index contributed by atoms with van der Waals surface area (Å²) in [6.07, 6.45) is -4.85. The van der Waals surface area contributed by atoms with Gasteiger partial charge in [-0.2, -0.15) is 13.2 Å². The van der Waals surface area contributed by atoms with Crippen molar-refractivity contribution in [2.24, 2.45) is 0 Å². The summed E-state index contributed by atoms with van der Waals surface area (Å²) < 4.78 is 43.6. The van der Waals surface area contributed by atoms with E-state index in [0.29, 0.717) is 36.8 Å². The first-order valence-corrected chi connectivity index (χ1v) is 9.51. The van der Waals surface area contributed by atoms with Crippen LogP contribution in [-0.4, -0.2) is 59.6 Å². The minimum atomic E-state index is -4.44. The Morgan fingerprint density at radius 3 is 2.50 bits per heavy atom. The lowest BCUT2D eigenvalue weighted by Gasteiger charge is -2.33. The van der Waals surface area contributed by atoms with Crippen molar-refractivity contribution in [3.05, 3.63) is 40.9 Å². The largest absolute Gasteiger partial charge is 0.450 e. The first-order chi connectivity index (χ1) is 13.3. The molecule has 0 atom stereocenters. The number of ether oxygens (including phenoxy) is 1. The first-order valence-electron chi connectivity index (χ1n) is 8.63. The summed E-state index contributed by atoms with van der Waals surface area (Å²) in [5.41, 5.74) is -0.267. The molecule has 2 amide bonds. The second-order valence-corrected chi connectivity index (χ2v) is 6.95. The summed E-state index contributed by atoms with van der Waals surface area (Å²) in [5, 5.41) is 1.88. The molecule has 1 saturated heterocycles. The molecule has 2 heterocycles. The van der Waals surface area contributed by atoms with Gasteiger partial charge in [0.1, 0.15) is 10.7 Å². The molecule has 0 bridgehead atoms. The lowest BCUT2D eigenvalue weighted by atomic mass is 10.1. The fraction of sp³-hybridized carbons (Fsp3) is 0.389. The maximum atomic E-state index is 12.9. The van der Waals surface area contributed by atoms with E-state index in [4.69, 9.17) is 4.74 Å². The summed E-state index contributed by atoms with van der Waals surface area (Å²) in [7, 11) is 0. The van der Waals surface area contributed by atoms with E-state index < -0.39 is 17.8 Å². The number of carbonyl (C=O) groups excluding carboxylic acids is 2. The van der Waals surface area contributed by atoms with Crippen LogP contribution in [0.4, 0.5) is 18.0 Å². The molecule has 0 N–H and O–H groups in total. The number of hydrogen-bond acceptors (Lipinski definition) is 5. The van der Waals surface area contributed by atoms with Crippen LogP contribution in [-0.2, 0) is 10.9 Å². The minimum Gasteiger partial charge on any atom is -0.450 e. The molecule has 28 heavy (non-hydrogen) atoms. The van der Waals surface area contributed by atoms with E-state index in [-0.39, 0.29) is 18.2 Å². The molecule has 1 aromatic carbocycles. The second-order valence-electron chi connectivity index (χ2n) is 6.09. The van der Waals surface area contributed by atoms with Gasteiger partial charge in [-0.3, -0.25) is 4.79 Å². The van der Waals surface area contributed by atoms with Crippen LogP contribution in [0, 0.1) is 0 Å². The molecular weight excluding hydrogens is 395 g/mol. The highest BCUT2D eigenvalue weighted by atomic mass is 32.1. The molecule has 10 heteroatoms. The van der Waals surface area contributed by atoms with E-state index in [1.165, 1.54) is 22.4 Å². The SMILES string of the molecule is CCOC(=O)N1CCN(C(=O)c2csc(-c3cccc(C(F)(F)F)c3)n2)CC1. The molecule has 2 aromatic rings. The van der Waals surface area contributed by atoms with Gasteiger partial charge in [0.2, 0.25) is 0 Å². The third kappa shape index (κ3) is 4.44. The fourth-order valence-electron chi connectivity index (χ4n) is 2.80. The fourth-order valence-corrected chi connectivity index (χ4v) is 3.59. The summed E-state index contributed by atoms with van der Waals surface area (Å²) in [6.45, 7) is 3.41. The zero-order chi connectivity index (χ0) is 20.3. The van der Waals surface area contributed by atoms with E-state index in [2.05, 4.69) is 4.98 Å². The van der Waals surface area contributed by atoms with Gasteiger partial charge in [-0.1, -0.05) is 12.1 Å². The van der Waals surface area contributed by atoms with Crippen LogP contribution in [0.3, 0.4) is 0 Å². The van der Waals surface area contributed by atoms with Crippen LogP contribution < -0.4 is 0 Å². The van der Waals surface area contributed by atoms with Crippen molar-refractivity contribution in [1.82, 2.24) is 14.8 Å². The Kier molecular flexibility index (Phi) is 5.87. The third-order valence-corrected chi connectivity index (χ3v) is 5.14. The van der Waals surface area contributed by atoms with Gasteiger partial charge >= 0.3 is 12.3 Å². The van der Waals surface area contributed by atoms with E-state index in [9.17, 15) is 22.8 Å². The normalized spacial score (nSPS) is 14.9. The van der Waals surface area contributed by atoms with Crippen molar-refractivity contribution >= 4 is 23.3 Å². The molecule has 1 aromatic heterocycles. The quantitative estimate of drug-likeness (QED) is 0.769. The average molecular weight is 413 g/mol. The Hall–Kier alpha value is -2.62. The van der Waals surface area contributed by atoms with Crippen LogP contribution in [0.1, 0.15) is 23.0 Å². The Morgan fingerprint density at radius 1 is 1.18 bits per heavy atom. The van der Waals surface area contributed by atoms with Crippen molar-refractivity contribution < 1.29 is 27.5 Å². The van der Waals surface area contributed by atoms with Gasteiger partial charge in [0, 0.05) is 37.1 Å². The number of amides is 2. The van der Waals surface area contributed by atoms with E-state index >= 15 is 0 Å². The molecule has 0 radical (unpaired) electrons. The molecule has 0 spiro atoms. The zero-order valence-corrected chi connectivity index (χ0v) is 15.8. The van der Waals surface area contributed by atoms with Crippen LogP contribution in [0.15, 0.2) is 29.6 Å². The third-order valence-electron chi connectivity index (χ3n) is 4.25. The predicted octanol–water partition coefficient (Wildman–Crippen LogP) is 3.74. The van der Waals surface area contributed by atoms with Crippen molar-refractivity contribution in [2.45, 2.75) is 13.1 Å². The monoisotopic (exact) mass is 413 g/mol. The number of benzene rings is 1. The summed E-state index contributed by atoms with van der Waals surface area (Å²) in [4.78, 5) is 31.7. The molecule has 1 aliphatic rings. The lowest BCUT2D eigenvalue weighted by Crippen LogP contribution is -2.50. The Bertz CT molecular complexity index is 861. The first kappa shape index (κ1) is 20.1. The predicted molar refractivity (Wildman–Crippen MR) is 97.1 cm³/mol. The van der Waals surface area contributed by atoms with Gasteiger partial charge < -0.3 is 14.5 Å². The topological polar surface area (TPSA) is 62.7 Å². The van der Waals surface area contributed by atoms with Crippen LogP contribution >= 0.6 is 11.3 Å². The van der Waals surface area contributed by atoms with Crippen LogP contribution in [0.5, 0.6) is 0 Å². The Morgan fingerprint density at radius 2 is 1.86 bits per heavy atom. The van der Waals surface area contributed by atoms with Crippen molar-refractivity contribution in [1.29, 1.82) is 0 Å². The number of halogens is 3. The summed E-state index contributed by atoms with van der Waals surface area (Å²) in [5.74, 6) is -0.307. The van der Waals surface area contributed by atoms with Gasteiger partial charge in [-0.15, -0.1) is 11.3 Å². The van der Waals surface area contributed by atoms with E-state index in [1.54, 1.807) is 11.8 Å². The smallest absolute Gasteiger partial charge is 0.416 e. The number of rotatable bonds is 3. The minimum absolute atomic E-state index is 0.182. The number of hydrogen-bond donors (Lipinski definition) is 0. The maximum absolute atomic E-state index is 12.9. The van der Waals surface area contributed by atoms with Crippen LogP contribution in [0.2, 0.25) is 0 Å². The maximum Gasteiger partial charge on any atom is 0.416 e. The second kappa shape index (κ2) is 8.17. The number of nitrogens with zero attached hydrogens (tertiary/aromatic N) is 3. The van der Waals surface area contributed by atoms with E-state index in [1.807, 2.05) is 0 Å². The molecule has 0 saturated carbocycles. The number of alkyl halides is 3. The molecule has 0 aliphatic carbocycles. The number of piperazine rings is 1. The molecule has 0 unspecified atom stereocenters. The Balaban J connectivity index is 1.68. The van der Waals surface area contributed by atoms with Gasteiger partial charge in [-0.25, -0.2) is 9.78 Å².